The molecule has 7 aromatic rings. The van der Waals surface area contributed by atoms with E-state index in [1.54, 1.807) is 0 Å². The zero-order valence-electron chi connectivity index (χ0n) is 35.5. The first kappa shape index (κ1) is 43.9. The van der Waals surface area contributed by atoms with Gasteiger partial charge in [0, 0.05) is 6.42 Å². The lowest BCUT2D eigenvalue weighted by atomic mass is 9.80. The van der Waals surface area contributed by atoms with Crippen molar-refractivity contribution in [3.63, 3.8) is 0 Å². The van der Waals surface area contributed by atoms with Crippen LogP contribution >= 0.6 is 0 Å². The molecule has 1 heterocycles. The SMILES string of the molecule is O[C@@H](COC(c1ccccc1)(c1ccccc1)c1ccccc1)C[C@H]1OC(COCc2ccccc2)[C@@H](OCc2ccccc2)C(OCc2ccccc2)C1OCc1ccccc1. The molecular formula is C56H56O7. The molecule has 0 saturated carbocycles. The van der Waals surface area contributed by atoms with Gasteiger partial charge in [-0.05, 0) is 38.9 Å². The summed E-state index contributed by atoms with van der Waals surface area (Å²) in [6, 6.07) is 71.0. The molecule has 63 heavy (non-hydrogen) atoms. The van der Waals surface area contributed by atoms with Gasteiger partial charge in [0.2, 0.25) is 0 Å². The summed E-state index contributed by atoms with van der Waals surface area (Å²) in [6.07, 6.45) is -3.80. The van der Waals surface area contributed by atoms with Crippen LogP contribution in [0.15, 0.2) is 212 Å². The molecule has 1 fully saturated rings. The molecule has 322 valence electrons. The summed E-state index contributed by atoms with van der Waals surface area (Å²) in [6.45, 7) is 1.60. The molecule has 0 radical (unpaired) electrons. The number of ether oxygens (including phenoxy) is 6. The van der Waals surface area contributed by atoms with Crippen LogP contribution in [-0.4, -0.2) is 54.9 Å². The predicted octanol–water partition coefficient (Wildman–Crippen LogP) is 10.5. The monoisotopic (exact) mass is 840 g/mol. The molecule has 7 heteroatoms. The number of aliphatic hydroxyl groups is 1. The van der Waals surface area contributed by atoms with Gasteiger partial charge in [-0.2, -0.15) is 0 Å². The van der Waals surface area contributed by atoms with Crippen LogP contribution in [0.2, 0.25) is 0 Å². The van der Waals surface area contributed by atoms with Crippen molar-refractivity contribution in [2.75, 3.05) is 13.2 Å². The highest BCUT2D eigenvalue weighted by Crippen LogP contribution is 2.41. The van der Waals surface area contributed by atoms with E-state index in [2.05, 4.69) is 48.5 Å². The Kier molecular flexibility index (Phi) is 15.7. The Bertz CT molecular complexity index is 2220. The van der Waals surface area contributed by atoms with Gasteiger partial charge in [0.1, 0.15) is 30.0 Å². The van der Waals surface area contributed by atoms with Gasteiger partial charge in [-0.25, -0.2) is 0 Å². The van der Waals surface area contributed by atoms with E-state index in [0.717, 1.165) is 38.9 Å². The van der Waals surface area contributed by atoms with E-state index in [0.29, 0.717) is 26.4 Å². The summed E-state index contributed by atoms with van der Waals surface area (Å²) in [7, 11) is 0. The van der Waals surface area contributed by atoms with Gasteiger partial charge in [0.05, 0.1) is 51.8 Å². The highest BCUT2D eigenvalue weighted by Gasteiger charge is 2.49. The lowest BCUT2D eigenvalue weighted by molar-refractivity contribution is -0.277. The first-order valence-corrected chi connectivity index (χ1v) is 21.9. The number of hydrogen-bond acceptors (Lipinski definition) is 7. The maximum atomic E-state index is 12.3. The molecule has 0 bridgehead atoms. The van der Waals surface area contributed by atoms with E-state index in [-0.39, 0.29) is 19.6 Å². The Morgan fingerprint density at radius 2 is 0.746 bits per heavy atom. The van der Waals surface area contributed by atoms with Crippen LogP contribution < -0.4 is 0 Å². The van der Waals surface area contributed by atoms with Gasteiger partial charge in [-0.3, -0.25) is 0 Å². The van der Waals surface area contributed by atoms with E-state index >= 15 is 0 Å². The minimum Gasteiger partial charge on any atom is -0.391 e. The van der Waals surface area contributed by atoms with Gasteiger partial charge in [0.15, 0.2) is 0 Å². The van der Waals surface area contributed by atoms with Crippen LogP contribution in [0.5, 0.6) is 0 Å². The second-order valence-corrected chi connectivity index (χ2v) is 16.0. The smallest absolute Gasteiger partial charge is 0.143 e. The number of aliphatic hydroxyl groups excluding tert-OH is 1. The van der Waals surface area contributed by atoms with Crippen molar-refractivity contribution in [2.45, 2.75) is 75.1 Å². The molecule has 0 aromatic heterocycles. The third-order valence-corrected chi connectivity index (χ3v) is 11.5. The predicted molar refractivity (Wildman–Crippen MR) is 246 cm³/mol. The van der Waals surface area contributed by atoms with Gasteiger partial charge < -0.3 is 33.5 Å². The van der Waals surface area contributed by atoms with Gasteiger partial charge in [0.25, 0.3) is 0 Å². The standard InChI is InChI=1S/C56H56O7/c57-50(41-62-56(47-30-16-5-17-31-47,48-32-18-6-19-33-48)49-34-20-7-21-35-49)36-51-53(59-38-44-24-10-2-11-25-44)55(61-40-46-28-14-4-15-29-46)54(60-39-45-26-12-3-13-27-45)52(63-51)42-58-37-43-22-8-1-9-23-43/h1-35,50-55,57H,36-42H2/t50-,51-,52?,53?,54-,55?/m1/s1. The maximum Gasteiger partial charge on any atom is 0.143 e. The summed E-state index contributed by atoms with van der Waals surface area (Å²) >= 11 is 0. The minimum absolute atomic E-state index is 0.00258. The summed E-state index contributed by atoms with van der Waals surface area (Å²) in [5.74, 6) is 0. The highest BCUT2D eigenvalue weighted by atomic mass is 16.6. The van der Waals surface area contributed by atoms with Crippen molar-refractivity contribution in [1.82, 2.24) is 0 Å². The molecule has 1 N–H and O–H groups in total. The molecule has 0 aliphatic carbocycles. The fourth-order valence-electron chi connectivity index (χ4n) is 8.40. The zero-order valence-corrected chi connectivity index (χ0v) is 35.5. The fraction of sp³-hybridized carbons (Fsp3) is 0.250. The van der Waals surface area contributed by atoms with Crippen LogP contribution in [0.3, 0.4) is 0 Å². The van der Waals surface area contributed by atoms with E-state index in [4.69, 9.17) is 28.4 Å². The lowest BCUT2D eigenvalue weighted by Gasteiger charge is -2.47. The van der Waals surface area contributed by atoms with Crippen molar-refractivity contribution in [3.8, 4) is 0 Å². The van der Waals surface area contributed by atoms with Gasteiger partial charge in [-0.1, -0.05) is 212 Å². The third kappa shape index (κ3) is 11.6. The van der Waals surface area contributed by atoms with Gasteiger partial charge >= 0.3 is 0 Å². The molecule has 0 spiro atoms. The van der Waals surface area contributed by atoms with E-state index in [9.17, 15) is 5.11 Å². The summed E-state index contributed by atoms with van der Waals surface area (Å²) < 4.78 is 41.4. The minimum atomic E-state index is -1.01. The largest absolute Gasteiger partial charge is 0.391 e. The molecule has 7 nitrogen and oxygen atoms in total. The molecule has 8 rings (SSSR count). The van der Waals surface area contributed by atoms with E-state index in [1.165, 1.54) is 0 Å². The van der Waals surface area contributed by atoms with Crippen LogP contribution in [-0.2, 0) is 60.4 Å². The Balaban J connectivity index is 1.12. The highest BCUT2D eigenvalue weighted by molar-refractivity contribution is 5.47. The Labute approximate surface area is 371 Å². The lowest BCUT2D eigenvalue weighted by Crippen LogP contribution is -2.61. The Morgan fingerprint density at radius 1 is 0.413 bits per heavy atom. The average molecular weight is 841 g/mol. The van der Waals surface area contributed by atoms with Gasteiger partial charge in [-0.15, -0.1) is 0 Å². The Hall–Kier alpha value is -5.74. The topological polar surface area (TPSA) is 75.6 Å². The van der Waals surface area contributed by atoms with Crippen molar-refractivity contribution in [1.29, 1.82) is 0 Å². The summed E-state index contributed by atoms with van der Waals surface area (Å²) in [5, 5.41) is 12.3. The first-order chi connectivity index (χ1) is 31.2. The molecule has 7 aromatic carbocycles. The first-order valence-electron chi connectivity index (χ1n) is 21.9. The second-order valence-electron chi connectivity index (χ2n) is 16.0. The van der Waals surface area contributed by atoms with Crippen molar-refractivity contribution < 1.29 is 33.5 Å². The normalized spacial score (nSPS) is 19.3. The molecule has 1 aliphatic rings. The molecule has 6 atom stereocenters. The second kappa shape index (κ2) is 22.6. The average Bonchev–Trinajstić information content (AvgIpc) is 3.35. The van der Waals surface area contributed by atoms with E-state index < -0.39 is 42.2 Å². The van der Waals surface area contributed by atoms with Crippen LogP contribution in [0.25, 0.3) is 0 Å². The third-order valence-electron chi connectivity index (χ3n) is 11.5. The molecular weight excluding hydrogens is 785 g/mol. The molecule has 0 amide bonds. The molecule has 1 aliphatic heterocycles. The molecule has 3 unspecified atom stereocenters. The summed E-state index contributed by atoms with van der Waals surface area (Å²) in [5.41, 5.74) is 5.97. The van der Waals surface area contributed by atoms with E-state index in [1.807, 2.05) is 164 Å². The maximum absolute atomic E-state index is 12.3. The number of benzene rings is 7. The van der Waals surface area contributed by atoms with Crippen molar-refractivity contribution >= 4 is 0 Å². The van der Waals surface area contributed by atoms with Crippen molar-refractivity contribution in [3.05, 3.63) is 251 Å². The summed E-state index contributed by atoms with van der Waals surface area (Å²) in [4.78, 5) is 0. The number of rotatable bonds is 21. The molecule has 1 saturated heterocycles. The fourth-order valence-corrected chi connectivity index (χ4v) is 8.40. The quantitative estimate of drug-likeness (QED) is 0.0723. The van der Waals surface area contributed by atoms with Crippen molar-refractivity contribution in [2.24, 2.45) is 0 Å². The van der Waals surface area contributed by atoms with Crippen LogP contribution in [0.1, 0.15) is 45.4 Å². The van der Waals surface area contributed by atoms with Crippen LogP contribution in [0, 0.1) is 0 Å². The Morgan fingerprint density at radius 3 is 1.14 bits per heavy atom. The zero-order chi connectivity index (χ0) is 42.9. The van der Waals surface area contributed by atoms with Crippen LogP contribution in [0.4, 0.5) is 0 Å². The number of hydrogen-bond donors (Lipinski definition) is 1.